The van der Waals surface area contributed by atoms with Gasteiger partial charge in [0.05, 0.1) is 15.8 Å². The number of carbonyl (C=O) groups is 2. The number of carbonyl (C=O) groups excluding carboxylic acids is 2. The molecule has 6 rings (SSSR count). The third-order valence-corrected chi connectivity index (χ3v) is 10.9. The number of nitrogens with two attached hydrogens (primary N) is 1. The zero-order valence-electron chi connectivity index (χ0n) is 27.9. The topological polar surface area (TPSA) is 179 Å². The number of aryl methyl sites for hydroxylation is 1. The lowest BCUT2D eigenvalue weighted by atomic mass is 9.81. The summed E-state index contributed by atoms with van der Waals surface area (Å²) >= 11 is 0. The molecule has 1 aliphatic rings. The summed E-state index contributed by atoms with van der Waals surface area (Å²) in [6.45, 7) is 2.69. The van der Waals surface area contributed by atoms with E-state index in [2.05, 4.69) is 25.6 Å². The number of benzene rings is 4. The number of anilines is 1. The Hall–Kier alpha value is -5.04. The van der Waals surface area contributed by atoms with Crippen LogP contribution in [0.4, 0.5) is 5.69 Å². The lowest BCUT2D eigenvalue weighted by molar-refractivity contribution is -0.130. The number of aromatic amines is 2. The summed E-state index contributed by atoms with van der Waals surface area (Å²) in [5, 5.41) is 11.7. The van der Waals surface area contributed by atoms with Crippen molar-refractivity contribution in [3.8, 4) is 11.1 Å². The van der Waals surface area contributed by atoms with E-state index in [1.54, 1.807) is 36.4 Å². The molecule has 11 nitrogen and oxygen atoms in total. The summed E-state index contributed by atoms with van der Waals surface area (Å²) in [7, 11) is -3.80. The first-order chi connectivity index (χ1) is 24.1. The Morgan fingerprint density at radius 3 is 2.40 bits per heavy atom. The standard InChI is InChI=1S/C38H42N6O5S/c1-24-10-16-31(50(48,49)40-23-26-6-3-2-4-7-26)21-33(24)29-9-5-8-27(18-29)19-35(42-36(45)28-13-11-25(22-39)12-14-28)38(47)41-30-15-17-32-34(20-30)43-44-37(32)46/h2-10,15-18,20-21,25,28,35,40H,11-14,19,22-23,39H2,1H3,(H,41,47)(H,42,45)(H2,43,44,46). The molecule has 1 heterocycles. The van der Waals surface area contributed by atoms with Crippen molar-refractivity contribution in [2.75, 3.05) is 11.9 Å². The van der Waals surface area contributed by atoms with Crippen LogP contribution >= 0.6 is 0 Å². The van der Waals surface area contributed by atoms with E-state index in [1.807, 2.05) is 61.5 Å². The van der Waals surface area contributed by atoms with Crippen LogP contribution in [0.25, 0.3) is 22.0 Å². The lowest BCUT2D eigenvalue weighted by Gasteiger charge is -2.28. The second kappa shape index (κ2) is 15.2. The third-order valence-electron chi connectivity index (χ3n) is 9.53. The maximum Gasteiger partial charge on any atom is 0.271 e. The van der Waals surface area contributed by atoms with Crippen LogP contribution in [0.1, 0.15) is 42.4 Å². The van der Waals surface area contributed by atoms with Crippen molar-refractivity contribution in [3.05, 3.63) is 118 Å². The van der Waals surface area contributed by atoms with E-state index in [4.69, 9.17) is 5.73 Å². The van der Waals surface area contributed by atoms with Gasteiger partial charge in [-0.25, -0.2) is 13.1 Å². The third kappa shape index (κ3) is 8.21. The van der Waals surface area contributed by atoms with Crippen LogP contribution in [0.15, 0.2) is 101 Å². The largest absolute Gasteiger partial charge is 0.344 e. The van der Waals surface area contributed by atoms with E-state index in [1.165, 1.54) is 0 Å². The molecule has 2 amide bonds. The minimum atomic E-state index is -3.80. The number of amides is 2. The molecule has 4 aromatic carbocycles. The number of nitrogens with one attached hydrogen (secondary N) is 5. The predicted molar refractivity (Wildman–Crippen MR) is 195 cm³/mol. The summed E-state index contributed by atoms with van der Waals surface area (Å²) in [6.07, 6.45) is 3.38. The normalized spacial score (nSPS) is 16.9. The summed E-state index contributed by atoms with van der Waals surface area (Å²) in [5.74, 6) is -0.361. The van der Waals surface area contributed by atoms with E-state index in [9.17, 15) is 22.8 Å². The highest BCUT2D eigenvalue weighted by Crippen LogP contribution is 2.30. The molecule has 5 aromatic rings. The molecule has 1 aromatic heterocycles. The quantitative estimate of drug-likeness (QED) is 0.110. The lowest BCUT2D eigenvalue weighted by Crippen LogP contribution is -2.48. The molecule has 1 atom stereocenters. The molecule has 0 aliphatic heterocycles. The van der Waals surface area contributed by atoms with Crippen LogP contribution in [-0.4, -0.2) is 43.0 Å². The summed E-state index contributed by atoms with van der Waals surface area (Å²) in [6, 6.07) is 26.0. The first-order valence-corrected chi connectivity index (χ1v) is 18.3. The number of fused-ring (bicyclic) bond motifs is 1. The van der Waals surface area contributed by atoms with E-state index < -0.39 is 22.0 Å². The average molecular weight is 695 g/mol. The van der Waals surface area contributed by atoms with Crippen LogP contribution in [0.5, 0.6) is 0 Å². The molecule has 12 heteroatoms. The molecule has 1 saturated carbocycles. The van der Waals surface area contributed by atoms with Gasteiger partial charge >= 0.3 is 0 Å². The van der Waals surface area contributed by atoms with Gasteiger partial charge in [0.2, 0.25) is 21.8 Å². The first-order valence-electron chi connectivity index (χ1n) is 16.8. The number of sulfonamides is 1. The molecule has 7 N–H and O–H groups in total. The molecule has 0 saturated heterocycles. The zero-order chi connectivity index (χ0) is 35.3. The highest BCUT2D eigenvalue weighted by atomic mass is 32.2. The Kier molecular flexibility index (Phi) is 10.6. The van der Waals surface area contributed by atoms with Gasteiger partial charge in [0, 0.05) is 24.6 Å². The van der Waals surface area contributed by atoms with Crippen molar-refractivity contribution in [3.63, 3.8) is 0 Å². The van der Waals surface area contributed by atoms with Gasteiger partial charge in [-0.1, -0.05) is 60.7 Å². The summed E-state index contributed by atoms with van der Waals surface area (Å²) in [5.41, 5.74) is 10.7. The maximum absolute atomic E-state index is 13.8. The van der Waals surface area contributed by atoms with E-state index in [-0.39, 0.29) is 35.2 Å². The fourth-order valence-corrected chi connectivity index (χ4v) is 7.59. The van der Waals surface area contributed by atoms with Crippen LogP contribution in [0.3, 0.4) is 0 Å². The van der Waals surface area contributed by atoms with Gasteiger partial charge < -0.3 is 16.4 Å². The Balaban J connectivity index is 1.23. The molecule has 1 fully saturated rings. The highest BCUT2D eigenvalue weighted by molar-refractivity contribution is 7.89. The molecule has 0 bridgehead atoms. The minimum absolute atomic E-state index is 0.147. The van der Waals surface area contributed by atoms with Crippen LogP contribution in [0, 0.1) is 18.8 Å². The smallest absolute Gasteiger partial charge is 0.271 e. The molecular formula is C38H42N6O5S. The molecular weight excluding hydrogens is 653 g/mol. The molecule has 50 heavy (non-hydrogen) atoms. The summed E-state index contributed by atoms with van der Waals surface area (Å²) < 4.78 is 29.2. The Morgan fingerprint density at radius 1 is 0.880 bits per heavy atom. The first kappa shape index (κ1) is 34.8. The zero-order valence-corrected chi connectivity index (χ0v) is 28.7. The van der Waals surface area contributed by atoms with E-state index in [0.717, 1.165) is 40.7 Å². The Morgan fingerprint density at radius 2 is 1.64 bits per heavy atom. The van der Waals surface area contributed by atoms with Crippen molar-refractivity contribution in [1.82, 2.24) is 20.2 Å². The number of hydrogen-bond donors (Lipinski definition) is 6. The molecule has 0 spiro atoms. The van der Waals surface area contributed by atoms with Gasteiger partial charge in [-0.2, -0.15) is 0 Å². The number of H-pyrrole nitrogens is 2. The van der Waals surface area contributed by atoms with E-state index in [0.29, 0.717) is 41.9 Å². The van der Waals surface area contributed by atoms with Gasteiger partial charge in [-0.15, -0.1) is 0 Å². The van der Waals surface area contributed by atoms with Crippen molar-refractivity contribution in [2.24, 2.45) is 17.6 Å². The van der Waals surface area contributed by atoms with Crippen molar-refractivity contribution >= 4 is 38.4 Å². The van der Waals surface area contributed by atoms with Crippen molar-refractivity contribution < 1.29 is 18.0 Å². The molecule has 0 radical (unpaired) electrons. The Labute approximate surface area is 291 Å². The Bertz CT molecular complexity index is 2150. The monoisotopic (exact) mass is 694 g/mol. The van der Waals surface area contributed by atoms with Crippen LogP contribution < -0.4 is 26.6 Å². The fraction of sp³-hybridized carbons (Fsp3) is 0.289. The SMILES string of the molecule is Cc1ccc(S(=O)(=O)NCc2ccccc2)cc1-c1cccc(CC(NC(=O)C2CCC(CN)CC2)C(=O)Nc2ccc3c(=O)[nH][nH]c3c2)c1. The second-order valence-corrected chi connectivity index (χ2v) is 14.8. The van der Waals surface area contributed by atoms with Gasteiger partial charge in [-0.3, -0.25) is 24.6 Å². The molecule has 1 aliphatic carbocycles. The number of hydrogen-bond acceptors (Lipinski definition) is 6. The maximum atomic E-state index is 13.8. The predicted octanol–water partition coefficient (Wildman–Crippen LogP) is 4.74. The van der Waals surface area contributed by atoms with Gasteiger partial charge in [-0.05, 0) is 103 Å². The van der Waals surface area contributed by atoms with Crippen LogP contribution in [0.2, 0.25) is 0 Å². The highest BCUT2D eigenvalue weighted by Gasteiger charge is 2.29. The van der Waals surface area contributed by atoms with Crippen molar-refractivity contribution in [1.29, 1.82) is 0 Å². The summed E-state index contributed by atoms with van der Waals surface area (Å²) in [4.78, 5) is 39.4. The molecule has 1 unspecified atom stereocenters. The fourth-order valence-electron chi connectivity index (χ4n) is 6.54. The van der Waals surface area contributed by atoms with Crippen LogP contribution in [-0.2, 0) is 32.6 Å². The minimum Gasteiger partial charge on any atom is -0.344 e. The number of rotatable bonds is 12. The second-order valence-electron chi connectivity index (χ2n) is 13.0. The van der Waals surface area contributed by atoms with Gasteiger partial charge in [0.25, 0.3) is 5.56 Å². The van der Waals surface area contributed by atoms with E-state index >= 15 is 0 Å². The average Bonchev–Trinajstić information content (AvgIpc) is 3.50. The molecule has 260 valence electrons. The van der Waals surface area contributed by atoms with Gasteiger partial charge in [0.1, 0.15) is 6.04 Å². The van der Waals surface area contributed by atoms with Gasteiger partial charge in [0.15, 0.2) is 0 Å². The number of aromatic nitrogens is 2. The van der Waals surface area contributed by atoms with Crippen molar-refractivity contribution in [2.45, 2.75) is 56.5 Å².